The van der Waals surface area contributed by atoms with Crippen molar-refractivity contribution in [2.45, 2.75) is 0 Å². The molecule has 0 radical (unpaired) electrons. The molecular formula is Ga4S3Se3. The van der Waals surface area contributed by atoms with Gasteiger partial charge in [0.1, 0.15) is 0 Å². The van der Waals surface area contributed by atoms with Gasteiger partial charge in [0.15, 0.2) is 0 Å². The van der Waals surface area contributed by atoms with Crippen LogP contribution in [0.5, 0.6) is 0 Å². The van der Waals surface area contributed by atoms with Gasteiger partial charge in [-0.15, -0.1) is 0 Å². The maximum absolute atomic E-state index is 0. The molecule has 0 bridgehead atoms. The van der Waals surface area contributed by atoms with Crippen LogP contribution in [-0.4, -0.2) is 130 Å². The van der Waals surface area contributed by atoms with Gasteiger partial charge in [-0.05, 0) is 0 Å². The van der Waals surface area contributed by atoms with Crippen molar-refractivity contribution in [3.8, 4) is 0 Å². The molecule has 0 heterocycles. The van der Waals surface area contributed by atoms with Crippen molar-refractivity contribution in [1.29, 1.82) is 0 Å². The van der Waals surface area contributed by atoms with Gasteiger partial charge in [0, 0.05) is 0 Å². The van der Waals surface area contributed by atoms with Gasteiger partial charge in [-0.25, -0.2) is 0 Å². The van der Waals surface area contributed by atoms with Crippen LogP contribution in [0.25, 0.3) is 0 Å². The molecule has 0 amide bonds. The van der Waals surface area contributed by atoms with Crippen molar-refractivity contribution in [1.82, 2.24) is 0 Å². The van der Waals surface area contributed by atoms with Crippen LogP contribution in [0.1, 0.15) is 0 Å². The third-order valence-corrected chi connectivity index (χ3v) is 0. The zero-order valence-electron chi connectivity index (χ0n) is 4.76. The first-order valence-electron chi connectivity index (χ1n) is 0. The fourth-order valence-corrected chi connectivity index (χ4v) is 0. The van der Waals surface area contributed by atoms with Crippen molar-refractivity contribution in [2.24, 2.45) is 0 Å². The van der Waals surface area contributed by atoms with E-state index in [9.17, 15) is 0 Å². The van der Waals surface area contributed by atoms with Gasteiger partial charge in [-0.2, -0.15) is 0 Å². The molecule has 10 heavy (non-hydrogen) atoms. The summed E-state index contributed by atoms with van der Waals surface area (Å²) in [5.41, 5.74) is 0. The maximum Gasteiger partial charge on any atom is 3.00 e. The smallest absolute Gasteiger partial charge is 2.00 e. The van der Waals surface area contributed by atoms with Crippen LogP contribution in [-0.2, 0) is 40.5 Å². The summed E-state index contributed by atoms with van der Waals surface area (Å²) in [5.74, 6) is 0. The molecular weight excluding hydrogens is 612 g/mol. The average Bonchev–Trinajstić information content (AvgIpc) is 0. The van der Waals surface area contributed by atoms with E-state index in [4.69, 9.17) is 0 Å². The van der Waals surface area contributed by atoms with E-state index in [-0.39, 0.29) is 171 Å². The SMILES string of the molecule is [Ga+3].[Ga+3].[Ga+3].[Ga+3].[S-2].[S-2].[S-2].[Se-2].[Se-2].[Se-2]. The molecule has 0 saturated carbocycles. The van der Waals surface area contributed by atoms with Crippen molar-refractivity contribution >= 4 is 171 Å². The van der Waals surface area contributed by atoms with Crippen LogP contribution in [0.2, 0.25) is 0 Å². The van der Waals surface area contributed by atoms with Gasteiger partial charge in [0.2, 0.25) is 0 Å². The van der Waals surface area contributed by atoms with Crippen LogP contribution in [0.15, 0.2) is 0 Å². The second kappa shape index (κ2) is 92.2. The molecule has 10 heteroatoms. The van der Waals surface area contributed by atoms with Crippen LogP contribution in [0.3, 0.4) is 0 Å². The Balaban J connectivity index is 0. The Morgan fingerprint density at radius 2 is 0.300 bits per heavy atom. The predicted octanol–water partition coefficient (Wildman–Crippen LogP) is -2.67. The molecule has 0 unspecified atom stereocenters. The molecule has 0 fully saturated rings. The van der Waals surface area contributed by atoms with Gasteiger partial charge < -0.3 is 91.7 Å². The molecule has 0 aliphatic carbocycles. The number of hydrogen-bond donors (Lipinski definition) is 0. The second-order valence-electron chi connectivity index (χ2n) is 0. The molecule has 48 valence electrons. The summed E-state index contributed by atoms with van der Waals surface area (Å²) in [4.78, 5) is 0. The third-order valence-electron chi connectivity index (χ3n) is 0. The molecule has 0 aromatic carbocycles. The van der Waals surface area contributed by atoms with Gasteiger partial charge in [0.25, 0.3) is 0 Å². The molecule has 0 nitrogen and oxygen atoms in total. The topological polar surface area (TPSA) is 0 Å². The Labute approximate surface area is 167 Å². The van der Waals surface area contributed by atoms with Crippen LogP contribution < -0.4 is 0 Å². The molecule has 0 rings (SSSR count). The summed E-state index contributed by atoms with van der Waals surface area (Å²) >= 11 is 0. The summed E-state index contributed by atoms with van der Waals surface area (Å²) in [7, 11) is 0. The minimum Gasteiger partial charge on any atom is -2.00 e. The Bertz CT molecular complexity index is 15.7. The predicted molar refractivity (Wildman–Crippen MR) is 62.4 cm³/mol. The molecule has 0 aromatic heterocycles. The van der Waals surface area contributed by atoms with E-state index in [1.165, 1.54) is 0 Å². The quantitative estimate of drug-likeness (QED) is 0.262. The normalized spacial score (nSPS) is 0. The molecule has 0 saturated heterocycles. The van der Waals surface area contributed by atoms with Gasteiger partial charge >= 0.3 is 79.2 Å². The average molecular weight is 612 g/mol. The summed E-state index contributed by atoms with van der Waals surface area (Å²) in [6.45, 7) is 0. The Morgan fingerprint density at radius 3 is 0.300 bits per heavy atom. The summed E-state index contributed by atoms with van der Waals surface area (Å²) in [6, 6.07) is 0. The minimum absolute atomic E-state index is 0. The second-order valence-corrected chi connectivity index (χ2v) is 0. The van der Waals surface area contributed by atoms with Gasteiger partial charge in [0.05, 0.1) is 0 Å². The molecule has 0 N–H and O–H groups in total. The van der Waals surface area contributed by atoms with E-state index in [0.717, 1.165) is 0 Å². The van der Waals surface area contributed by atoms with E-state index >= 15 is 0 Å². The standard InChI is InChI=1S/4Ga.3S.3Se/q4*+3;6*-2. The monoisotopic (exact) mass is 611 g/mol. The first-order chi connectivity index (χ1) is 0. The van der Waals surface area contributed by atoms with Gasteiger partial charge in [-0.1, -0.05) is 0 Å². The van der Waals surface area contributed by atoms with Gasteiger partial charge in [-0.3, -0.25) is 0 Å². The van der Waals surface area contributed by atoms with Crippen molar-refractivity contribution in [2.75, 3.05) is 0 Å². The number of rotatable bonds is 0. The summed E-state index contributed by atoms with van der Waals surface area (Å²) < 4.78 is 0. The van der Waals surface area contributed by atoms with Crippen molar-refractivity contribution < 1.29 is 0 Å². The molecule has 0 aliphatic heterocycles. The fraction of sp³-hybridized carbons (Fsp3) is 0. The first kappa shape index (κ1) is 114. The van der Waals surface area contributed by atoms with E-state index in [1.807, 2.05) is 0 Å². The van der Waals surface area contributed by atoms with Crippen molar-refractivity contribution in [3.05, 3.63) is 0 Å². The molecule has 0 aliphatic rings. The van der Waals surface area contributed by atoms with E-state index in [1.54, 1.807) is 0 Å². The fourth-order valence-electron chi connectivity index (χ4n) is 0. The van der Waals surface area contributed by atoms with Crippen LogP contribution in [0, 0.1) is 0 Å². The van der Waals surface area contributed by atoms with Crippen LogP contribution >= 0.6 is 0 Å². The Morgan fingerprint density at radius 1 is 0.300 bits per heavy atom. The summed E-state index contributed by atoms with van der Waals surface area (Å²) in [6.07, 6.45) is 0. The molecule has 0 spiro atoms. The zero-order valence-corrected chi connectivity index (χ0v) is 22.0. The van der Waals surface area contributed by atoms with Crippen LogP contribution in [0.4, 0.5) is 0 Å². The Hall–Kier alpha value is 5.15. The van der Waals surface area contributed by atoms with E-state index in [0.29, 0.717) is 0 Å². The molecule has 0 atom stereocenters. The first-order valence-corrected chi connectivity index (χ1v) is 0. The van der Waals surface area contributed by atoms with E-state index < -0.39 is 0 Å². The zero-order chi connectivity index (χ0) is 0. The summed E-state index contributed by atoms with van der Waals surface area (Å²) in [5, 5.41) is 0. The molecule has 0 aromatic rings. The van der Waals surface area contributed by atoms with Crippen molar-refractivity contribution in [3.63, 3.8) is 0 Å². The third kappa shape index (κ3) is 73.1. The maximum atomic E-state index is 0. The van der Waals surface area contributed by atoms with E-state index in [2.05, 4.69) is 0 Å². The Kier molecular flexibility index (Phi) is 1050. The minimum atomic E-state index is 0. The largest absolute Gasteiger partial charge is 3.00 e. The number of hydrogen-bond acceptors (Lipinski definition) is 0.